The Bertz CT molecular complexity index is 532. The fourth-order valence-electron chi connectivity index (χ4n) is 2.14. The summed E-state index contributed by atoms with van der Waals surface area (Å²) in [4.78, 5) is 4.46. The van der Waals surface area contributed by atoms with Gasteiger partial charge in [-0.2, -0.15) is 0 Å². The summed E-state index contributed by atoms with van der Waals surface area (Å²) in [5.41, 5.74) is 2.87. The van der Waals surface area contributed by atoms with Gasteiger partial charge >= 0.3 is 0 Å². The Kier molecular flexibility index (Phi) is 5.51. The highest BCUT2D eigenvalue weighted by atomic mass is 17.1. The molecule has 1 N–H and O–H groups in total. The third kappa shape index (κ3) is 5.31. The molecule has 0 spiro atoms. The van der Waals surface area contributed by atoms with Crippen LogP contribution in [-0.4, -0.2) is 10.9 Å². The van der Waals surface area contributed by atoms with E-state index in [2.05, 4.69) is 17.0 Å². The minimum atomic E-state index is -0.564. The van der Waals surface area contributed by atoms with Crippen LogP contribution in [0.5, 0.6) is 0 Å². The largest absolute Gasteiger partial charge is 0.372 e. The van der Waals surface area contributed by atoms with E-state index < -0.39 is 5.60 Å². The van der Waals surface area contributed by atoms with Crippen molar-refractivity contribution in [2.24, 2.45) is 0 Å². The molecule has 0 fully saturated rings. The van der Waals surface area contributed by atoms with E-state index in [1.165, 1.54) is 5.56 Å². The van der Waals surface area contributed by atoms with Crippen LogP contribution in [-0.2, 0) is 29.3 Å². The molecular formula is C18H22O3. The molecule has 0 unspecified atom stereocenters. The average Bonchev–Trinajstić information content (AvgIpc) is 2.50. The van der Waals surface area contributed by atoms with Gasteiger partial charge in [-0.25, -0.2) is 4.89 Å². The lowest BCUT2D eigenvalue weighted by molar-refractivity contribution is -0.312. The SMILES string of the molecule is CC(C)(Cc1ccc(COCc2ccccc2)cc1)OO. The summed E-state index contributed by atoms with van der Waals surface area (Å²) in [5, 5.41) is 8.81. The minimum absolute atomic E-state index is 0.564. The number of benzene rings is 2. The molecule has 0 amide bonds. The van der Waals surface area contributed by atoms with Gasteiger partial charge in [-0.1, -0.05) is 54.6 Å². The van der Waals surface area contributed by atoms with Crippen molar-refractivity contribution >= 4 is 0 Å². The van der Waals surface area contributed by atoms with Gasteiger partial charge in [0.05, 0.1) is 13.2 Å². The van der Waals surface area contributed by atoms with Gasteiger partial charge in [-0.3, -0.25) is 5.26 Å². The molecule has 0 heterocycles. The van der Waals surface area contributed by atoms with Crippen LogP contribution >= 0.6 is 0 Å². The van der Waals surface area contributed by atoms with Crippen LogP contribution in [0.15, 0.2) is 54.6 Å². The summed E-state index contributed by atoms with van der Waals surface area (Å²) in [6.07, 6.45) is 0.661. The number of hydrogen-bond acceptors (Lipinski definition) is 3. The molecule has 0 atom stereocenters. The van der Waals surface area contributed by atoms with Gasteiger partial charge in [0.2, 0.25) is 0 Å². The molecule has 3 nitrogen and oxygen atoms in total. The van der Waals surface area contributed by atoms with Crippen LogP contribution in [0.4, 0.5) is 0 Å². The summed E-state index contributed by atoms with van der Waals surface area (Å²) < 4.78 is 5.70. The maximum Gasteiger partial charge on any atom is 0.102 e. The highest BCUT2D eigenvalue weighted by molar-refractivity contribution is 5.23. The lowest BCUT2D eigenvalue weighted by Gasteiger charge is -2.20. The molecule has 0 saturated heterocycles. The Morgan fingerprint density at radius 3 is 1.90 bits per heavy atom. The summed E-state index contributed by atoms with van der Waals surface area (Å²) >= 11 is 0. The average molecular weight is 286 g/mol. The van der Waals surface area contributed by atoms with Crippen molar-refractivity contribution in [3.8, 4) is 0 Å². The standard InChI is InChI=1S/C18H22O3/c1-18(2,21-19)12-15-8-10-17(11-9-15)14-20-13-16-6-4-3-5-7-16/h3-11,19H,12-14H2,1-2H3. The van der Waals surface area contributed by atoms with Gasteiger partial charge in [0.1, 0.15) is 5.60 Å². The zero-order valence-electron chi connectivity index (χ0n) is 12.6. The molecule has 0 radical (unpaired) electrons. The molecule has 3 heteroatoms. The Morgan fingerprint density at radius 1 is 0.810 bits per heavy atom. The van der Waals surface area contributed by atoms with Gasteiger partial charge in [-0.05, 0) is 30.5 Å². The van der Waals surface area contributed by atoms with Crippen LogP contribution < -0.4 is 0 Å². The van der Waals surface area contributed by atoms with Gasteiger partial charge < -0.3 is 4.74 Å². The smallest absolute Gasteiger partial charge is 0.102 e. The first-order valence-corrected chi connectivity index (χ1v) is 7.11. The second-order valence-corrected chi connectivity index (χ2v) is 5.82. The summed E-state index contributed by atoms with van der Waals surface area (Å²) in [7, 11) is 0. The van der Waals surface area contributed by atoms with Crippen molar-refractivity contribution in [1.29, 1.82) is 0 Å². The van der Waals surface area contributed by atoms with Crippen molar-refractivity contribution in [2.75, 3.05) is 0 Å². The first kappa shape index (κ1) is 15.7. The van der Waals surface area contributed by atoms with E-state index in [1.54, 1.807) is 0 Å². The van der Waals surface area contributed by atoms with Crippen molar-refractivity contribution in [2.45, 2.75) is 39.1 Å². The molecule has 0 aliphatic heterocycles. The van der Waals surface area contributed by atoms with E-state index in [-0.39, 0.29) is 0 Å². The van der Waals surface area contributed by atoms with Crippen LogP contribution in [0.1, 0.15) is 30.5 Å². The first-order valence-electron chi connectivity index (χ1n) is 7.11. The summed E-state index contributed by atoms with van der Waals surface area (Å²) in [5.74, 6) is 0. The Morgan fingerprint density at radius 2 is 1.33 bits per heavy atom. The molecular weight excluding hydrogens is 264 g/mol. The molecule has 0 saturated carbocycles. The van der Waals surface area contributed by atoms with Crippen LogP contribution in [0.25, 0.3) is 0 Å². The third-order valence-corrected chi connectivity index (χ3v) is 3.28. The monoisotopic (exact) mass is 286 g/mol. The van der Waals surface area contributed by atoms with E-state index in [1.807, 2.05) is 56.3 Å². The van der Waals surface area contributed by atoms with Gasteiger partial charge in [0.15, 0.2) is 0 Å². The molecule has 112 valence electrons. The lowest BCUT2D eigenvalue weighted by atomic mass is 9.98. The van der Waals surface area contributed by atoms with Gasteiger partial charge in [-0.15, -0.1) is 0 Å². The second-order valence-electron chi connectivity index (χ2n) is 5.82. The minimum Gasteiger partial charge on any atom is -0.372 e. The predicted molar refractivity (Wildman–Crippen MR) is 82.9 cm³/mol. The second kappa shape index (κ2) is 7.36. The Hall–Kier alpha value is -1.68. The van der Waals surface area contributed by atoms with Crippen molar-refractivity contribution in [3.05, 3.63) is 71.3 Å². The van der Waals surface area contributed by atoms with Crippen molar-refractivity contribution in [1.82, 2.24) is 0 Å². The van der Waals surface area contributed by atoms with Crippen LogP contribution in [0, 0.1) is 0 Å². The Labute approximate surface area is 126 Å². The highest BCUT2D eigenvalue weighted by Crippen LogP contribution is 2.17. The number of ether oxygens (including phenoxy) is 1. The molecule has 2 aromatic rings. The molecule has 0 aliphatic carbocycles. The molecule has 2 rings (SSSR count). The molecule has 0 bridgehead atoms. The Balaban J connectivity index is 1.82. The number of hydrogen-bond donors (Lipinski definition) is 1. The topological polar surface area (TPSA) is 38.7 Å². The number of rotatable bonds is 7. The zero-order chi connectivity index (χ0) is 15.1. The molecule has 2 aromatic carbocycles. The van der Waals surface area contributed by atoms with E-state index in [0.717, 1.165) is 11.1 Å². The van der Waals surface area contributed by atoms with E-state index >= 15 is 0 Å². The first-order chi connectivity index (χ1) is 10.1. The van der Waals surface area contributed by atoms with Crippen LogP contribution in [0.3, 0.4) is 0 Å². The van der Waals surface area contributed by atoms with Gasteiger partial charge in [0.25, 0.3) is 0 Å². The highest BCUT2D eigenvalue weighted by Gasteiger charge is 2.18. The fraction of sp³-hybridized carbons (Fsp3) is 0.333. The normalized spacial score (nSPS) is 11.6. The maximum atomic E-state index is 8.81. The van der Waals surface area contributed by atoms with Crippen molar-refractivity contribution < 1.29 is 14.9 Å². The lowest BCUT2D eigenvalue weighted by Crippen LogP contribution is -2.25. The van der Waals surface area contributed by atoms with E-state index in [9.17, 15) is 0 Å². The maximum absolute atomic E-state index is 8.81. The quantitative estimate of drug-likeness (QED) is 0.612. The van der Waals surface area contributed by atoms with Gasteiger partial charge in [0, 0.05) is 6.42 Å². The molecule has 0 aliphatic rings. The van der Waals surface area contributed by atoms with E-state index in [4.69, 9.17) is 9.99 Å². The fourth-order valence-corrected chi connectivity index (χ4v) is 2.14. The molecule has 21 heavy (non-hydrogen) atoms. The van der Waals surface area contributed by atoms with Crippen molar-refractivity contribution in [3.63, 3.8) is 0 Å². The summed E-state index contributed by atoms with van der Waals surface area (Å²) in [6.45, 7) is 4.91. The predicted octanol–water partition coefficient (Wildman–Crippen LogP) is 4.21. The third-order valence-electron chi connectivity index (χ3n) is 3.28. The molecule has 0 aromatic heterocycles. The summed E-state index contributed by atoms with van der Waals surface area (Å²) in [6, 6.07) is 18.3. The van der Waals surface area contributed by atoms with E-state index in [0.29, 0.717) is 19.6 Å². The zero-order valence-corrected chi connectivity index (χ0v) is 12.6. The van der Waals surface area contributed by atoms with Crippen LogP contribution in [0.2, 0.25) is 0 Å².